The quantitative estimate of drug-likeness (QED) is 0.604. The number of rotatable bonds is 6. The molecule has 4 nitrogen and oxygen atoms in total. The summed E-state index contributed by atoms with van der Waals surface area (Å²) in [5, 5.41) is 12.0. The average molecular weight is 232 g/mol. The lowest BCUT2D eigenvalue weighted by molar-refractivity contribution is -0.143. The molecule has 1 aromatic rings. The summed E-state index contributed by atoms with van der Waals surface area (Å²) in [4.78, 5) is 11.1. The van der Waals surface area contributed by atoms with Crippen LogP contribution in [0.5, 0.6) is 0 Å². The molecule has 0 unspecified atom stereocenters. The fourth-order valence-electron chi connectivity index (χ4n) is 1.42. The molecule has 0 fully saturated rings. The van der Waals surface area contributed by atoms with E-state index in [0.717, 1.165) is 5.69 Å². The van der Waals surface area contributed by atoms with Gasteiger partial charge in [-0.1, -0.05) is 12.1 Å². The summed E-state index contributed by atoms with van der Waals surface area (Å²) >= 11 is 0. The smallest absolute Gasteiger partial charge is 0.305 e. The van der Waals surface area contributed by atoms with Gasteiger partial charge >= 0.3 is 5.97 Å². The minimum absolute atomic E-state index is 0.178. The monoisotopic (exact) mass is 232 g/mol. The van der Waals surface area contributed by atoms with E-state index < -0.39 is 0 Å². The van der Waals surface area contributed by atoms with E-state index in [0.29, 0.717) is 31.6 Å². The molecule has 17 heavy (non-hydrogen) atoms. The second kappa shape index (κ2) is 7.29. The molecule has 0 aliphatic rings. The molecule has 90 valence electrons. The van der Waals surface area contributed by atoms with Crippen LogP contribution in [-0.4, -0.2) is 19.1 Å². The summed E-state index contributed by atoms with van der Waals surface area (Å²) in [5.74, 6) is -0.178. The van der Waals surface area contributed by atoms with Gasteiger partial charge in [0.15, 0.2) is 0 Å². The van der Waals surface area contributed by atoms with Crippen molar-refractivity contribution >= 4 is 11.7 Å². The molecule has 0 aliphatic heterocycles. The van der Waals surface area contributed by atoms with E-state index in [9.17, 15) is 4.79 Å². The van der Waals surface area contributed by atoms with Crippen molar-refractivity contribution in [1.29, 1.82) is 5.26 Å². The van der Waals surface area contributed by atoms with Crippen molar-refractivity contribution in [2.24, 2.45) is 0 Å². The van der Waals surface area contributed by atoms with Crippen molar-refractivity contribution in [2.75, 3.05) is 18.5 Å². The maximum Gasteiger partial charge on any atom is 0.305 e. The standard InChI is InChI=1S/C13H16N2O2/c1-2-17-13(16)8-5-9-15-12-7-4-3-6-11(12)10-14/h3-4,6-7,15H,2,5,8-9H2,1H3. The number of para-hydroxylation sites is 1. The molecular weight excluding hydrogens is 216 g/mol. The summed E-state index contributed by atoms with van der Waals surface area (Å²) < 4.78 is 4.82. The number of hydrogen-bond acceptors (Lipinski definition) is 4. The zero-order valence-corrected chi connectivity index (χ0v) is 9.90. The van der Waals surface area contributed by atoms with Crippen LogP contribution >= 0.6 is 0 Å². The van der Waals surface area contributed by atoms with Crippen LogP contribution in [0.3, 0.4) is 0 Å². The maximum absolute atomic E-state index is 11.1. The van der Waals surface area contributed by atoms with Gasteiger partial charge in [0.2, 0.25) is 0 Å². The average Bonchev–Trinajstić information content (AvgIpc) is 2.35. The van der Waals surface area contributed by atoms with E-state index in [1.165, 1.54) is 0 Å². The number of nitrogens with one attached hydrogen (secondary N) is 1. The van der Waals surface area contributed by atoms with E-state index in [1.807, 2.05) is 18.2 Å². The fourth-order valence-corrected chi connectivity index (χ4v) is 1.42. The molecule has 0 bridgehead atoms. The molecule has 0 heterocycles. The number of nitrogens with zero attached hydrogens (tertiary/aromatic N) is 1. The van der Waals surface area contributed by atoms with Crippen LogP contribution in [0, 0.1) is 11.3 Å². The van der Waals surface area contributed by atoms with Crippen molar-refractivity contribution in [2.45, 2.75) is 19.8 Å². The molecule has 0 aromatic heterocycles. The third-order valence-electron chi connectivity index (χ3n) is 2.23. The Hall–Kier alpha value is -2.02. The Balaban J connectivity index is 2.32. The van der Waals surface area contributed by atoms with Crippen molar-refractivity contribution in [3.8, 4) is 6.07 Å². The molecule has 1 N–H and O–H groups in total. The van der Waals surface area contributed by atoms with Crippen molar-refractivity contribution in [3.63, 3.8) is 0 Å². The Morgan fingerprint density at radius 2 is 2.24 bits per heavy atom. The number of ether oxygens (including phenoxy) is 1. The highest BCUT2D eigenvalue weighted by atomic mass is 16.5. The number of nitriles is 1. The highest BCUT2D eigenvalue weighted by molar-refractivity contribution is 5.69. The van der Waals surface area contributed by atoms with Gasteiger partial charge in [0.1, 0.15) is 6.07 Å². The zero-order valence-electron chi connectivity index (χ0n) is 9.90. The number of benzene rings is 1. The number of esters is 1. The normalized spacial score (nSPS) is 9.41. The summed E-state index contributed by atoms with van der Waals surface area (Å²) in [6.07, 6.45) is 1.09. The predicted octanol–water partition coefficient (Wildman–Crippen LogP) is 2.31. The highest BCUT2D eigenvalue weighted by Crippen LogP contribution is 2.13. The Morgan fingerprint density at radius 1 is 1.47 bits per heavy atom. The Morgan fingerprint density at radius 3 is 2.94 bits per heavy atom. The Labute approximate surface area is 101 Å². The molecule has 0 spiro atoms. The molecule has 0 aliphatic carbocycles. The first-order valence-electron chi connectivity index (χ1n) is 5.66. The van der Waals surface area contributed by atoms with Crippen LogP contribution in [-0.2, 0) is 9.53 Å². The lowest BCUT2D eigenvalue weighted by atomic mass is 10.2. The van der Waals surface area contributed by atoms with Gasteiger partial charge < -0.3 is 10.1 Å². The molecular formula is C13H16N2O2. The second-order valence-corrected chi connectivity index (χ2v) is 3.49. The third kappa shape index (κ3) is 4.56. The van der Waals surface area contributed by atoms with E-state index in [4.69, 9.17) is 10.00 Å². The summed E-state index contributed by atoms with van der Waals surface area (Å²) in [5.41, 5.74) is 1.42. The first-order valence-corrected chi connectivity index (χ1v) is 5.66. The first-order chi connectivity index (χ1) is 8.27. The second-order valence-electron chi connectivity index (χ2n) is 3.49. The topological polar surface area (TPSA) is 62.1 Å². The molecule has 0 atom stereocenters. The van der Waals surface area contributed by atoms with Gasteiger partial charge in [-0.05, 0) is 25.5 Å². The van der Waals surface area contributed by atoms with Gasteiger partial charge in [0.05, 0.1) is 17.9 Å². The minimum atomic E-state index is -0.178. The Kier molecular flexibility index (Phi) is 5.59. The maximum atomic E-state index is 11.1. The molecule has 0 amide bonds. The Bertz CT molecular complexity index is 410. The van der Waals surface area contributed by atoms with Crippen LogP contribution in [0.25, 0.3) is 0 Å². The van der Waals surface area contributed by atoms with Crippen molar-refractivity contribution < 1.29 is 9.53 Å². The van der Waals surface area contributed by atoms with Gasteiger partial charge in [0.25, 0.3) is 0 Å². The molecule has 0 saturated heterocycles. The van der Waals surface area contributed by atoms with Crippen LogP contribution in [0.2, 0.25) is 0 Å². The fraction of sp³-hybridized carbons (Fsp3) is 0.385. The van der Waals surface area contributed by atoms with Gasteiger partial charge in [-0.15, -0.1) is 0 Å². The number of hydrogen-bond donors (Lipinski definition) is 1. The van der Waals surface area contributed by atoms with Gasteiger partial charge in [0, 0.05) is 13.0 Å². The molecule has 4 heteroatoms. The van der Waals surface area contributed by atoms with Crippen LogP contribution in [0.15, 0.2) is 24.3 Å². The van der Waals surface area contributed by atoms with E-state index >= 15 is 0 Å². The van der Waals surface area contributed by atoms with E-state index in [-0.39, 0.29) is 5.97 Å². The van der Waals surface area contributed by atoms with Crippen molar-refractivity contribution in [1.82, 2.24) is 0 Å². The molecule has 0 saturated carbocycles. The zero-order chi connectivity index (χ0) is 12.5. The van der Waals surface area contributed by atoms with Gasteiger partial charge in [-0.3, -0.25) is 4.79 Å². The summed E-state index contributed by atoms with van der Waals surface area (Å²) in [6, 6.07) is 9.41. The van der Waals surface area contributed by atoms with Gasteiger partial charge in [-0.2, -0.15) is 5.26 Å². The summed E-state index contributed by atoms with van der Waals surface area (Å²) in [6.45, 7) is 2.86. The first kappa shape index (κ1) is 13.0. The molecule has 1 rings (SSSR count). The number of carbonyl (C=O) groups excluding carboxylic acids is 1. The summed E-state index contributed by atoms with van der Waals surface area (Å²) in [7, 11) is 0. The highest BCUT2D eigenvalue weighted by Gasteiger charge is 2.02. The van der Waals surface area contributed by atoms with Crippen LogP contribution in [0.1, 0.15) is 25.3 Å². The largest absolute Gasteiger partial charge is 0.466 e. The lowest BCUT2D eigenvalue weighted by Crippen LogP contribution is -2.08. The molecule has 0 radical (unpaired) electrons. The van der Waals surface area contributed by atoms with Crippen LogP contribution in [0.4, 0.5) is 5.69 Å². The van der Waals surface area contributed by atoms with Crippen LogP contribution < -0.4 is 5.32 Å². The SMILES string of the molecule is CCOC(=O)CCCNc1ccccc1C#N. The van der Waals surface area contributed by atoms with Gasteiger partial charge in [-0.25, -0.2) is 0 Å². The number of carbonyl (C=O) groups is 1. The van der Waals surface area contributed by atoms with Crippen molar-refractivity contribution in [3.05, 3.63) is 29.8 Å². The third-order valence-corrected chi connectivity index (χ3v) is 2.23. The number of anilines is 1. The lowest BCUT2D eigenvalue weighted by Gasteiger charge is -2.07. The predicted molar refractivity (Wildman–Crippen MR) is 65.5 cm³/mol. The molecule has 1 aromatic carbocycles. The van der Waals surface area contributed by atoms with E-state index in [1.54, 1.807) is 13.0 Å². The van der Waals surface area contributed by atoms with E-state index in [2.05, 4.69) is 11.4 Å². The minimum Gasteiger partial charge on any atom is -0.466 e.